The van der Waals surface area contributed by atoms with Gasteiger partial charge in [0.2, 0.25) is 5.91 Å². The van der Waals surface area contributed by atoms with E-state index in [1.54, 1.807) is 4.90 Å². The van der Waals surface area contributed by atoms with E-state index in [0.29, 0.717) is 24.9 Å². The highest BCUT2D eigenvalue weighted by Crippen LogP contribution is 2.42. The predicted molar refractivity (Wildman–Crippen MR) is 137 cm³/mol. The average Bonchev–Trinajstić information content (AvgIpc) is 2.87. The van der Waals surface area contributed by atoms with Gasteiger partial charge in [0.25, 0.3) is 5.69 Å². The standard InChI is InChI=1S/C22H25ClN6O9/c1-13(30)24-16-11-18(27(7-8-36-2)6-5-21(31)38-4)20(37-3)12-17(16)25-26-22-15(23)9-14(28(32)33)10-19(22)29(34)35/h9-12H,5-8H2,1-4H3,(H,24,30). The van der Waals surface area contributed by atoms with E-state index < -0.39 is 38.8 Å². The zero-order chi connectivity index (χ0) is 28.4. The first kappa shape index (κ1) is 29.9. The molecule has 15 nitrogen and oxygen atoms in total. The van der Waals surface area contributed by atoms with E-state index in [9.17, 15) is 29.8 Å². The van der Waals surface area contributed by atoms with Crippen molar-refractivity contribution in [1.82, 2.24) is 0 Å². The van der Waals surface area contributed by atoms with Crippen LogP contribution >= 0.6 is 11.6 Å². The maximum Gasteiger partial charge on any atom is 0.307 e. The van der Waals surface area contributed by atoms with Crippen LogP contribution < -0.4 is 15.0 Å². The number of carbonyl (C=O) groups excluding carboxylic acids is 2. The molecule has 0 unspecified atom stereocenters. The van der Waals surface area contributed by atoms with Gasteiger partial charge in [-0.05, 0) is 6.07 Å². The molecule has 1 N–H and O–H groups in total. The molecule has 0 atom stereocenters. The number of non-ortho nitro benzene ring substituents is 1. The molecular formula is C22H25ClN6O9. The normalized spacial score (nSPS) is 10.8. The second-order valence-corrected chi connectivity index (χ2v) is 7.95. The number of methoxy groups -OCH3 is 3. The minimum atomic E-state index is -0.874. The average molecular weight is 553 g/mol. The molecule has 0 aliphatic heterocycles. The lowest BCUT2D eigenvalue weighted by atomic mass is 10.2. The van der Waals surface area contributed by atoms with Crippen molar-refractivity contribution in [1.29, 1.82) is 0 Å². The van der Waals surface area contributed by atoms with Gasteiger partial charge >= 0.3 is 11.7 Å². The Morgan fingerprint density at radius 1 is 1.05 bits per heavy atom. The Morgan fingerprint density at radius 3 is 2.32 bits per heavy atom. The van der Waals surface area contributed by atoms with Gasteiger partial charge in [-0.3, -0.25) is 29.8 Å². The third-order valence-corrected chi connectivity index (χ3v) is 5.31. The largest absolute Gasteiger partial charge is 0.494 e. The summed E-state index contributed by atoms with van der Waals surface area (Å²) >= 11 is 6.05. The van der Waals surface area contributed by atoms with Crippen molar-refractivity contribution in [3.8, 4) is 5.75 Å². The first-order valence-electron chi connectivity index (χ1n) is 10.9. The highest BCUT2D eigenvalue weighted by atomic mass is 35.5. The number of carbonyl (C=O) groups is 2. The molecule has 0 radical (unpaired) electrons. The molecule has 2 aromatic carbocycles. The summed E-state index contributed by atoms with van der Waals surface area (Å²) in [7, 11) is 4.19. The van der Waals surface area contributed by atoms with Crippen LogP contribution in [0.5, 0.6) is 5.75 Å². The SMILES string of the molecule is COCCN(CCC(=O)OC)c1cc(NC(C)=O)c(N=Nc2c(Cl)cc([N+](=O)[O-])cc2[N+](=O)[O-])cc1OC. The molecule has 0 saturated heterocycles. The topological polar surface area (TPSA) is 188 Å². The summed E-state index contributed by atoms with van der Waals surface area (Å²) in [6, 6.07) is 4.59. The molecule has 0 saturated carbocycles. The van der Waals surface area contributed by atoms with Crippen LogP contribution in [0.2, 0.25) is 5.02 Å². The molecular weight excluding hydrogens is 528 g/mol. The maximum absolute atomic E-state index is 11.9. The molecule has 38 heavy (non-hydrogen) atoms. The number of anilines is 2. The third kappa shape index (κ3) is 7.81. The summed E-state index contributed by atoms with van der Waals surface area (Å²) in [6.45, 7) is 2.17. The molecule has 2 rings (SSSR count). The molecule has 16 heteroatoms. The Hall–Kier alpha value is -4.37. The molecule has 204 valence electrons. The number of benzene rings is 2. The lowest BCUT2D eigenvalue weighted by Gasteiger charge is -2.27. The predicted octanol–water partition coefficient (Wildman–Crippen LogP) is 4.55. The summed E-state index contributed by atoms with van der Waals surface area (Å²) in [4.78, 5) is 46.3. The van der Waals surface area contributed by atoms with Crippen molar-refractivity contribution in [2.45, 2.75) is 13.3 Å². The van der Waals surface area contributed by atoms with Crippen LogP contribution in [0.1, 0.15) is 13.3 Å². The molecule has 0 fully saturated rings. The van der Waals surface area contributed by atoms with E-state index in [0.717, 1.165) is 6.07 Å². The number of ether oxygens (including phenoxy) is 3. The Morgan fingerprint density at radius 2 is 1.76 bits per heavy atom. The maximum atomic E-state index is 11.9. The smallest absolute Gasteiger partial charge is 0.307 e. The first-order valence-corrected chi connectivity index (χ1v) is 11.2. The quantitative estimate of drug-likeness (QED) is 0.160. The van der Waals surface area contributed by atoms with Crippen molar-refractivity contribution in [2.75, 3.05) is 51.2 Å². The minimum Gasteiger partial charge on any atom is -0.494 e. The fourth-order valence-electron chi connectivity index (χ4n) is 3.24. The number of hydrogen-bond donors (Lipinski definition) is 1. The van der Waals surface area contributed by atoms with Gasteiger partial charge in [-0.2, -0.15) is 0 Å². The second kappa shape index (κ2) is 13.8. The van der Waals surface area contributed by atoms with Crippen molar-refractivity contribution in [2.24, 2.45) is 10.2 Å². The van der Waals surface area contributed by atoms with E-state index in [-0.39, 0.29) is 35.1 Å². The van der Waals surface area contributed by atoms with Gasteiger partial charge in [0, 0.05) is 39.3 Å². The lowest BCUT2D eigenvalue weighted by molar-refractivity contribution is -0.393. The number of nitrogens with zero attached hydrogens (tertiary/aromatic N) is 5. The van der Waals surface area contributed by atoms with Crippen molar-refractivity contribution >= 4 is 57.6 Å². The van der Waals surface area contributed by atoms with Crippen LogP contribution in [0, 0.1) is 20.2 Å². The number of nitrogens with one attached hydrogen (secondary N) is 1. The molecule has 1 amide bonds. The zero-order valence-corrected chi connectivity index (χ0v) is 21.7. The van der Waals surface area contributed by atoms with Crippen LogP contribution in [0.25, 0.3) is 0 Å². The van der Waals surface area contributed by atoms with Crippen LogP contribution in [-0.2, 0) is 19.1 Å². The van der Waals surface area contributed by atoms with Gasteiger partial charge < -0.3 is 24.4 Å². The summed E-state index contributed by atoms with van der Waals surface area (Å²) < 4.78 is 15.4. The minimum absolute atomic E-state index is 0.0455. The fourth-order valence-corrected chi connectivity index (χ4v) is 3.49. The van der Waals surface area contributed by atoms with Gasteiger partial charge in [0.1, 0.15) is 11.4 Å². The van der Waals surface area contributed by atoms with Gasteiger partial charge in [0.05, 0.1) is 59.6 Å². The monoisotopic (exact) mass is 552 g/mol. The molecule has 0 bridgehead atoms. The molecule has 0 aliphatic rings. The molecule has 0 heterocycles. The van der Waals surface area contributed by atoms with Gasteiger partial charge in [-0.15, -0.1) is 10.2 Å². The van der Waals surface area contributed by atoms with Gasteiger partial charge in [0.15, 0.2) is 5.69 Å². The van der Waals surface area contributed by atoms with Crippen molar-refractivity contribution < 1.29 is 33.6 Å². The number of azo groups is 1. The molecule has 2 aromatic rings. The van der Waals surface area contributed by atoms with Crippen molar-refractivity contribution in [3.05, 3.63) is 49.5 Å². The fraction of sp³-hybridized carbons (Fsp3) is 0.364. The summed E-state index contributed by atoms with van der Waals surface area (Å²) in [5, 5.41) is 32.7. The Bertz CT molecular complexity index is 1250. The highest BCUT2D eigenvalue weighted by molar-refractivity contribution is 6.33. The van der Waals surface area contributed by atoms with E-state index in [1.807, 2.05) is 0 Å². The van der Waals surface area contributed by atoms with Crippen LogP contribution in [0.4, 0.5) is 34.1 Å². The van der Waals surface area contributed by atoms with Gasteiger partial charge in [-0.1, -0.05) is 11.6 Å². The van der Waals surface area contributed by atoms with E-state index in [1.165, 1.54) is 40.4 Å². The molecule has 0 spiro atoms. The van der Waals surface area contributed by atoms with Crippen LogP contribution in [0.3, 0.4) is 0 Å². The number of esters is 1. The highest BCUT2D eigenvalue weighted by Gasteiger charge is 2.24. The first-order chi connectivity index (χ1) is 18.0. The number of nitro groups is 2. The summed E-state index contributed by atoms with van der Waals surface area (Å²) in [5.41, 5.74) is -1.04. The van der Waals surface area contributed by atoms with E-state index in [2.05, 4.69) is 15.5 Å². The molecule has 0 aliphatic carbocycles. The number of halogens is 1. The molecule has 0 aromatic heterocycles. The second-order valence-electron chi connectivity index (χ2n) is 7.54. The third-order valence-electron chi connectivity index (χ3n) is 5.02. The number of rotatable bonds is 13. The summed E-state index contributed by atoms with van der Waals surface area (Å²) in [5.74, 6) is -0.603. The number of hydrogen-bond acceptors (Lipinski definition) is 12. The number of nitro benzene ring substituents is 2. The Kier molecular flexibility index (Phi) is 10.8. The van der Waals surface area contributed by atoms with Gasteiger partial charge in [-0.25, -0.2) is 0 Å². The van der Waals surface area contributed by atoms with Crippen LogP contribution in [-0.4, -0.2) is 62.7 Å². The number of amides is 1. The Balaban J connectivity index is 2.63. The van der Waals surface area contributed by atoms with E-state index >= 15 is 0 Å². The van der Waals surface area contributed by atoms with Crippen LogP contribution in [0.15, 0.2) is 34.5 Å². The lowest BCUT2D eigenvalue weighted by Crippen LogP contribution is -2.30. The van der Waals surface area contributed by atoms with E-state index in [4.69, 9.17) is 25.8 Å². The zero-order valence-electron chi connectivity index (χ0n) is 20.9. The summed E-state index contributed by atoms with van der Waals surface area (Å²) in [6.07, 6.45) is 0.0581. The Labute approximate surface area is 221 Å². The van der Waals surface area contributed by atoms with Crippen molar-refractivity contribution in [3.63, 3.8) is 0 Å².